The Labute approximate surface area is 101 Å². The van der Waals surface area contributed by atoms with Gasteiger partial charge in [-0.05, 0) is 30.7 Å². The predicted octanol–water partition coefficient (Wildman–Crippen LogP) is 3.40. The highest BCUT2D eigenvalue weighted by molar-refractivity contribution is 8.00. The van der Waals surface area contributed by atoms with Crippen LogP contribution >= 0.6 is 11.8 Å². The molecule has 1 aromatic rings. The van der Waals surface area contributed by atoms with Gasteiger partial charge < -0.3 is 4.74 Å². The molecule has 1 unspecified atom stereocenters. The van der Waals surface area contributed by atoms with Crippen LogP contribution in [0.4, 0.5) is 0 Å². The lowest BCUT2D eigenvalue weighted by atomic mass is 10.1. The molecule has 0 aliphatic rings. The Morgan fingerprint density at radius 2 is 2.00 bits per heavy atom. The highest BCUT2D eigenvalue weighted by Crippen LogP contribution is 2.22. The zero-order chi connectivity index (χ0) is 12.0. The third-order valence-corrected chi connectivity index (χ3v) is 3.64. The molecule has 16 heavy (non-hydrogen) atoms. The number of ether oxygens (including phenoxy) is 1. The van der Waals surface area contributed by atoms with Gasteiger partial charge in [0.15, 0.2) is 0 Å². The molecule has 0 amide bonds. The second-order valence-electron chi connectivity index (χ2n) is 3.74. The van der Waals surface area contributed by atoms with Gasteiger partial charge in [0.25, 0.3) is 0 Å². The van der Waals surface area contributed by atoms with Crippen molar-refractivity contribution in [3.63, 3.8) is 0 Å². The van der Waals surface area contributed by atoms with Crippen LogP contribution < -0.4 is 4.74 Å². The highest BCUT2D eigenvalue weighted by Gasteiger charge is 2.10. The Hall–Kier alpha value is -0.960. The number of carbonyl (C=O) groups is 1. The van der Waals surface area contributed by atoms with Crippen molar-refractivity contribution >= 4 is 17.5 Å². The van der Waals surface area contributed by atoms with Gasteiger partial charge in [-0.15, -0.1) is 11.8 Å². The van der Waals surface area contributed by atoms with Gasteiger partial charge in [0.2, 0.25) is 0 Å². The zero-order valence-corrected chi connectivity index (χ0v) is 10.8. The van der Waals surface area contributed by atoms with Crippen LogP contribution in [0, 0.1) is 5.92 Å². The molecule has 0 N–H and O–H groups in total. The number of thioether (sulfide) groups is 1. The van der Waals surface area contributed by atoms with E-state index in [4.69, 9.17) is 4.74 Å². The molecule has 0 aliphatic heterocycles. The lowest BCUT2D eigenvalue weighted by Gasteiger charge is -2.07. The van der Waals surface area contributed by atoms with Crippen LogP contribution in [0.5, 0.6) is 5.75 Å². The fourth-order valence-electron chi connectivity index (χ4n) is 1.20. The molecule has 0 fully saturated rings. The minimum atomic E-state index is 0.172. The number of hydrogen-bond donors (Lipinski definition) is 0. The van der Waals surface area contributed by atoms with Crippen molar-refractivity contribution in [3.05, 3.63) is 24.3 Å². The molecule has 0 heterocycles. The number of ketones is 1. The van der Waals surface area contributed by atoms with Gasteiger partial charge in [-0.2, -0.15) is 0 Å². The Morgan fingerprint density at radius 3 is 2.50 bits per heavy atom. The maximum atomic E-state index is 11.6. The standard InChI is InChI=1S/C13H18O2S/c1-4-10(2)13(14)9-16-12-7-5-11(15-3)6-8-12/h5-8,10H,4,9H2,1-3H3. The minimum Gasteiger partial charge on any atom is -0.497 e. The molecule has 1 aromatic carbocycles. The maximum Gasteiger partial charge on any atom is 0.145 e. The van der Waals surface area contributed by atoms with E-state index in [2.05, 4.69) is 0 Å². The number of benzene rings is 1. The van der Waals surface area contributed by atoms with E-state index in [0.717, 1.165) is 17.1 Å². The summed E-state index contributed by atoms with van der Waals surface area (Å²) in [6, 6.07) is 7.78. The number of methoxy groups -OCH3 is 1. The lowest BCUT2D eigenvalue weighted by Crippen LogP contribution is -2.11. The summed E-state index contributed by atoms with van der Waals surface area (Å²) in [6.07, 6.45) is 0.919. The molecule has 0 aromatic heterocycles. The Kier molecular flexibility index (Phi) is 5.39. The molecule has 0 radical (unpaired) electrons. The van der Waals surface area contributed by atoms with Crippen molar-refractivity contribution in [2.45, 2.75) is 25.2 Å². The molecule has 1 atom stereocenters. The zero-order valence-electron chi connectivity index (χ0n) is 10.0. The fraction of sp³-hybridized carbons (Fsp3) is 0.462. The lowest BCUT2D eigenvalue weighted by molar-refractivity contribution is -0.119. The summed E-state index contributed by atoms with van der Waals surface area (Å²) in [5.41, 5.74) is 0. The SMILES string of the molecule is CCC(C)C(=O)CSc1ccc(OC)cc1. The van der Waals surface area contributed by atoms with Gasteiger partial charge in [0, 0.05) is 10.8 Å². The van der Waals surface area contributed by atoms with Crippen molar-refractivity contribution in [1.82, 2.24) is 0 Å². The molecule has 0 saturated carbocycles. The van der Waals surface area contributed by atoms with Gasteiger partial charge in [0.1, 0.15) is 11.5 Å². The minimum absolute atomic E-state index is 0.172. The van der Waals surface area contributed by atoms with E-state index in [1.807, 2.05) is 38.1 Å². The summed E-state index contributed by atoms with van der Waals surface area (Å²) in [4.78, 5) is 12.7. The summed E-state index contributed by atoms with van der Waals surface area (Å²) in [5.74, 6) is 1.90. The molecule has 0 bridgehead atoms. The molecule has 1 rings (SSSR count). The van der Waals surface area contributed by atoms with Gasteiger partial charge in [-0.25, -0.2) is 0 Å². The van der Waals surface area contributed by atoms with Crippen LogP contribution in [0.3, 0.4) is 0 Å². The first-order chi connectivity index (χ1) is 7.67. The van der Waals surface area contributed by atoms with Crippen molar-refractivity contribution in [2.75, 3.05) is 12.9 Å². The number of Topliss-reactive ketones (excluding diaryl/α,β-unsaturated/α-hetero) is 1. The van der Waals surface area contributed by atoms with Gasteiger partial charge in [-0.3, -0.25) is 4.79 Å². The molecule has 88 valence electrons. The predicted molar refractivity (Wildman–Crippen MR) is 68.2 cm³/mol. The first-order valence-corrected chi connectivity index (χ1v) is 6.45. The molecule has 0 spiro atoms. The summed E-state index contributed by atoms with van der Waals surface area (Å²) >= 11 is 1.59. The van der Waals surface area contributed by atoms with Crippen molar-refractivity contribution in [2.24, 2.45) is 5.92 Å². The smallest absolute Gasteiger partial charge is 0.145 e. The monoisotopic (exact) mass is 238 g/mol. The third-order valence-electron chi connectivity index (χ3n) is 2.60. The quantitative estimate of drug-likeness (QED) is 0.710. The average molecular weight is 238 g/mol. The second-order valence-corrected chi connectivity index (χ2v) is 4.79. The van der Waals surface area contributed by atoms with Gasteiger partial charge >= 0.3 is 0 Å². The van der Waals surface area contributed by atoms with E-state index in [-0.39, 0.29) is 5.92 Å². The second kappa shape index (κ2) is 6.59. The Bertz CT molecular complexity index is 332. The number of carbonyl (C=O) groups excluding carboxylic acids is 1. The Morgan fingerprint density at radius 1 is 1.38 bits per heavy atom. The van der Waals surface area contributed by atoms with Crippen molar-refractivity contribution in [3.8, 4) is 5.75 Å². The van der Waals surface area contributed by atoms with E-state index in [9.17, 15) is 4.79 Å². The van der Waals surface area contributed by atoms with Crippen molar-refractivity contribution < 1.29 is 9.53 Å². The van der Waals surface area contributed by atoms with Crippen LogP contribution in [0.1, 0.15) is 20.3 Å². The van der Waals surface area contributed by atoms with E-state index in [1.54, 1.807) is 18.9 Å². The molecule has 2 nitrogen and oxygen atoms in total. The first kappa shape index (κ1) is 13.1. The van der Waals surface area contributed by atoms with Crippen LogP contribution in [-0.2, 0) is 4.79 Å². The number of hydrogen-bond acceptors (Lipinski definition) is 3. The van der Waals surface area contributed by atoms with E-state index in [1.165, 1.54) is 0 Å². The normalized spacial score (nSPS) is 12.2. The van der Waals surface area contributed by atoms with Crippen LogP contribution in [-0.4, -0.2) is 18.6 Å². The first-order valence-electron chi connectivity index (χ1n) is 5.47. The van der Waals surface area contributed by atoms with Crippen LogP contribution in [0.25, 0.3) is 0 Å². The van der Waals surface area contributed by atoms with Crippen LogP contribution in [0.15, 0.2) is 29.2 Å². The molecule has 0 aliphatic carbocycles. The summed E-state index contributed by atoms with van der Waals surface area (Å²) in [6.45, 7) is 4.03. The summed E-state index contributed by atoms with van der Waals surface area (Å²) in [5, 5.41) is 0. The van der Waals surface area contributed by atoms with Crippen LogP contribution in [0.2, 0.25) is 0 Å². The van der Waals surface area contributed by atoms with Gasteiger partial charge in [-0.1, -0.05) is 13.8 Å². The van der Waals surface area contributed by atoms with E-state index in [0.29, 0.717) is 11.5 Å². The largest absolute Gasteiger partial charge is 0.497 e. The van der Waals surface area contributed by atoms with E-state index >= 15 is 0 Å². The highest BCUT2D eigenvalue weighted by atomic mass is 32.2. The average Bonchev–Trinajstić information content (AvgIpc) is 2.35. The molecule has 3 heteroatoms. The number of rotatable bonds is 6. The summed E-state index contributed by atoms with van der Waals surface area (Å²) in [7, 11) is 1.65. The van der Waals surface area contributed by atoms with Crippen molar-refractivity contribution in [1.29, 1.82) is 0 Å². The van der Waals surface area contributed by atoms with E-state index < -0.39 is 0 Å². The fourth-order valence-corrected chi connectivity index (χ4v) is 2.12. The maximum absolute atomic E-state index is 11.6. The summed E-state index contributed by atoms with van der Waals surface area (Å²) < 4.78 is 5.07. The molecular formula is C13H18O2S. The topological polar surface area (TPSA) is 26.3 Å². The van der Waals surface area contributed by atoms with Gasteiger partial charge in [0.05, 0.1) is 12.9 Å². The Balaban J connectivity index is 2.45. The molecular weight excluding hydrogens is 220 g/mol. The third kappa shape index (κ3) is 3.89. The molecule has 0 saturated heterocycles.